The number of hydrogen-bond donors (Lipinski definition) is 1. The molecule has 0 saturated carbocycles. The molecular weight excluding hydrogens is 280 g/mol. The molecule has 3 aromatic rings. The number of anilines is 1. The van der Waals surface area contributed by atoms with Crippen LogP contribution in [0.4, 0.5) is 5.69 Å². The number of aromatic nitrogens is 1. The van der Waals surface area contributed by atoms with E-state index in [1.807, 2.05) is 24.3 Å². The lowest BCUT2D eigenvalue weighted by Crippen LogP contribution is -2.07. The summed E-state index contributed by atoms with van der Waals surface area (Å²) in [6, 6.07) is 14.5. The van der Waals surface area contributed by atoms with Crippen molar-refractivity contribution >= 4 is 27.2 Å². The van der Waals surface area contributed by atoms with Crippen LogP contribution < -0.4 is 10.1 Å². The zero-order valence-corrected chi connectivity index (χ0v) is 13.2. The quantitative estimate of drug-likeness (QED) is 0.752. The van der Waals surface area contributed by atoms with Gasteiger partial charge in [-0.3, -0.25) is 0 Å². The number of para-hydroxylation sites is 1. The van der Waals surface area contributed by atoms with Crippen molar-refractivity contribution in [2.24, 2.45) is 0 Å². The average Bonchev–Trinajstić information content (AvgIpc) is 2.91. The fourth-order valence-corrected chi connectivity index (χ4v) is 3.27. The van der Waals surface area contributed by atoms with Gasteiger partial charge in [-0.15, -0.1) is 11.3 Å². The molecule has 3 rings (SSSR count). The number of hydrogen-bond acceptors (Lipinski definition) is 4. The van der Waals surface area contributed by atoms with E-state index in [4.69, 9.17) is 9.72 Å². The third-order valence-corrected chi connectivity index (χ3v) is 4.63. The molecule has 0 amide bonds. The minimum atomic E-state index is 0.137. The highest BCUT2D eigenvalue weighted by Gasteiger charge is 2.13. The summed E-state index contributed by atoms with van der Waals surface area (Å²) in [6.07, 6.45) is 0. The van der Waals surface area contributed by atoms with Crippen molar-refractivity contribution in [3.8, 4) is 5.75 Å². The van der Waals surface area contributed by atoms with Gasteiger partial charge in [0.25, 0.3) is 0 Å². The lowest BCUT2D eigenvalue weighted by atomic mass is 10.2. The van der Waals surface area contributed by atoms with E-state index in [1.165, 1.54) is 10.3 Å². The zero-order valence-electron chi connectivity index (χ0n) is 12.4. The summed E-state index contributed by atoms with van der Waals surface area (Å²) in [5, 5.41) is 4.59. The number of ether oxygens (including phenoxy) is 1. The first-order valence-corrected chi connectivity index (χ1v) is 7.75. The topological polar surface area (TPSA) is 34.1 Å². The Morgan fingerprint density at radius 1 is 1.19 bits per heavy atom. The fraction of sp³-hybridized carbons (Fsp3) is 0.235. The van der Waals surface area contributed by atoms with Gasteiger partial charge >= 0.3 is 0 Å². The molecule has 1 heterocycles. The third-order valence-electron chi connectivity index (χ3n) is 3.41. The smallest absolute Gasteiger partial charge is 0.141 e. The number of nitrogens with one attached hydrogen (secondary N) is 1. The second-order valence-electron chi connectivity index (χ2n) is 5.09. The molecule has 0 radical (unpaired) electrons. The summed E-state index contributed by atoms with van der Waals surface area (Å²) in [4.78, 5) is 4.70. The SMILES string of the molecule is COc1ccc(C)cc1NC(C)c1nc2ccccc2s1. The van der Waals surface area contributed by atoms with Crippen molar-refractivity contribution < 1.29 is 4.74 Å². The molecule has 0 aliphatic heterocycles. The third kappa shape index (κ3) is 2.85. The standard InChI is InChI=1S/C17H18N2OS/c1-11-8-9-15(20-3)14(10-11)18-12(2)17-19-13-6-4-5-7-16(13)21-17/h4-10,12,18H,1-3H3. The van der Waals surface area contributed by atoms with E-state index >= 15 is 0 Å². The van der Waals surface area contributed by atoms with Crippen LogP contribution in [0.5, 0.6) is 5.75 Å². The van der Waals surface area contributed by atoms with E-state index in [0.29, 0.717) is 0 Å². The molecule has 0 fully saturated rings. The molecule has 2 aromatic carbocycles. The molecule has 1 aromatic heterocycles. The number of rotatable bonds is 4. The van der Waals surface area contributed by atoms with Crippen molar-refractivity contribution in [2.75, 3.05) is 12.4 Å². The highest BCUT2D eigenvalue weighted by Crippen LogP contribution is 2.32. The van der Waals surface area contributed by atoms with E-state index in [-0.39, 0.29) is 6.04 Å². The molecule has 0 saturated heterocycles. The Morgan fingerprint density at radius 3 is 2.76 bits per heavy atom. The molecular formula is C17H18N2OS. The second kappa shape index (κ2) is 5.74. The molecule has 0 aliphatic carbocycles. The van der Waals surface area contributed by atoms with Gasteiger partial charge in [-0.1, -0.05) is 18.2 Å². The average molecular weight is 298 g/mol. The van der Waals surface area contributed by atoms with Gasteiger partial charge < -0.3 is 10.1 Å². The fourth-order valence-electron chi connectivity index (χ4n) is 2.30. The van der Waals surface area contributed by atoms with Gasteiger partial charge in [0.1, 0.15) is 10.8 Å². The van der Waals surface area contributed by atoms with E-state index in [9.17, 15) is 0 Å². The first-order chi connectivity index (χ1) is 10.2. The van der Waals surface area contributed by atoms with Crippen LogP contribution in [0.3, 0.4) is 0 Å². The van der Waals surface area contributed by atoms with E-state index in [0.717, 1.165) is 22.0 Å². The Labute approximate surface area is 128 Å². The Kier molecular flexibility index (Phi) is 3.80. The van der Waals surface area contributed by atoms with Crippen molar-refractivity contribution in [3.63, 3.8) is 0 Å². The second-order valence-corrected chi connectivity index (χ2v) is 6.15. The molecule has 0 bridgehead atoms. The molecule has 108 valence electrons. The largest absolute Gasteiger partial charge is 0.495 e. The van der Waals surface area contributed by atoms with Crippen LogP contribution in [0.15, 0.2) is 42.5 Å². The summed E-state index contributed by atoms with van der Waals surface area (Å²) in [5.74, 6) is 0.855. The predicted octanol–water partition coefficient (Wildman–Crippen LogP) is 4.79. The van der Waals surface area contributed by atoms with Gasteiger partial charge in [0, 0.05) is 0 Å². The number of aryl methyl sites for hydroxylation is 1. The monoisotopic (exact) mass is 298 g/mol. The predicted molar refractivity (Wildman–Crippen MR) is 89.4 cm³/mol. The Bertz CT molecular complexity index is 733. The molecule has 0 spiro atoms. The van der Waals surface area contributed by atoms with Gasteiger partial charge in [-0.2, -0.15) is 0 Å². The van der Waals surface area contributed by atoms with Gasteiger partial charge in [-0.25, -0.2) is 4.98 Å². The zero-order chi connectivity index (χ0) is 14.8. The first kappa shape index (κ1) is 13.9. The molecule has 21 heavy (non-hydrogen) atoms. The number of methoxy groups -OCH3 is 1. The van der Waals surface area contributed by atoms with Crippen LogP contribution in [0.25, 0.3) is 10.2 Å². The Balaban J connectivity index is 1.89. The van der Waals surface area contributed by atoms with Gasteiger partial charge in [-0.05, 0) is 43.7 Å². The van der Waals surface area contributed by atoms with E-state index < -0.39 is 0 Å². The van der Waals surface area contributed by atoms with Gasteiger partial charge in [0.2, 0.25) is 0 Å². The van der Waals surface area contributed by atoms with E-state index in [2.05, 4.69) is 37.4 Å². The minimum absolute atomic E-state index is 0.137. The summed E-state index contributed by atoms with van der Waals surface area (Å²) >= 11 is 1.73. The maximum absolute atomic E-state index is 5.42. The molecule has 1 unspecified atom stereocenters. The summed E-state index contributed by atoms with van der Waals surface area (Å²) in [6.45, 7) is 4.20. The van der Waals surface area contributed by atoms with Crippen molar-refractivity contribution in [1.29, 1.82) is 0 Å². The molecule has 3 nitrogen and oxygen atoms in total. The van der Waals surface area contributed by atoms with Crippen LogP contribution in [-0.2, 0) is 0 Å². The van der Waals surface area contributed by atoms with Gasteiger partial charge in [0.15, 0.2) is 0 Å². The molecule has 1 N–H and O–H groups in total. The number of benzene rings is 2. The van der Waals surface area contributed by atoms with Crippen LogP contribution in [-0.4, -0.2) is 12.1 Å². The summed E-state index contributed by atoms with van der Waals surface area (Å²) < 4.78 is 6.64. The van der Waals surface area contributed by atoms with Crippen LogP contribution in [0.2, 0.25) is 0 Å². The first-order valence-electron chi connectivity index (χ1n) is 6.94. The lowest BCUT2D eigenvalue weighted by Gasteiger charge is -2.16. The normalized spacial score (nSPS) is 12.3. The minimum Gasteiger partial charge on any atom is -0.495 e. The maximum atomic E-state index is 5.42. The van der Waals surface area contributed by atoms with E-state index in [1.54, 1.807) is 18.4 Å². The Hall–Kier alpha value is -2.07. The van der Waals surface area contributed by atoms with Crippen molar-refractivity contribution in [3.05, 3.63) is 53.0 Å². The van der Waals surface area contributed by atoms with Crippen LogP contribution >= 0.6 is 11.3 Å². The summed E-state index contributed by atoms with van der Waals surface area (Å²) in [5.41, 5.74) is 3.27. The maximum Gasteiger partial charge on any atom is 0.141 e. The molecule has 0 aliphatic rings. The lowest BCUT2D eigenvalue weighted by molar-refractivity contribution is 0.416. The number of nitrogens with zero attached hydrogens (tertiary/aromatic N) is 1. The molecule has 4 heteroatoms. The Morgan fingerprint density at radius 2 is 2.00 bits per heavy atom. The van der Waals surface area contributed by atoms with Crippen LogP contribution in [0.1, 0.15) is 23.5 Å². The molecule has 1 atom stereocenters. The number of fused-ring (bicyclic) bond motifs is 1. The van der Waals surface area contributed by atoms with Gasteiger partial charge in [0.05, 0.1) is 29.1 Å². The van der Waals surface area contributed by atoms with Crippen LogP contribution in [0, 0.1) is 6.92 Å². The highest BCUT2D eigenvalue weighted by molar-refractivity contribution is 7.18. The van der Waals surface area contributed by atoms with Crippen molar-refractivity contribution in [2.45, 2.75) is 19.9 Å². The summed E-state index contributed by atoms with van der Waals surface area (Å²) in [7, 11) is 1.69. The van der Waals surface area contributed by atoms with Crippen molar-refractivity contribution in [1.82, 2.24) is 4.98 Å². The number of thiazole rings is 1. The highest BCUT2D eigenvalue weighted by atomic mass is 32.1.